The summed E-state index contributed by atoms with van der Waals surface area (Å²) in [6.07, 6.45) is 3.79. The average Bonchev–Trinajstić information content (AvgIpc) is 0.793. The first-order valence-electron chi connectivity index (χ1n) is 31.7. The highest BCUT2D eigenvalue weighted by Crippen LogP contribution is 2.42. The van der Waals surface area contributed by atoms with Crippen molar-refractivity contribution in [1.82, 2.24) is 29.1 Å². The number of para-hydroxylation sites is 6. The number of ether oxygens (including phenoxy) is 4. The van der Waals surface area contributed by atoms with Gasteiger partial charge in [-0.2, -0.15) is 0 Å². The van der Waals surface area contributed by atoms with Gasteiger partial charge < -0.3 is 18.9 Å². The van der Waals surface area contributed by atoms with E-state index in [1.807, 2.05) is 109 Å². The fraction of sp³-hybridized carbons (Fsp3) is 0.122. The van der Waals surface area contributed by atoms with Crippen LogP contribution in [-0.2, 0) is 10.8 Å². The molecule has 10 aromatic carbocycles. The molecule has 94 heavy (non-hydrogen) atoms. The van der Waals surface area contributed by atoms with Crippen molar-refractivity contribution in [3.8, 4) is 103 Å². The molecule has 0 fully saturated rings. The van der Waals surface area contributed by atoms with Gasteiger partial charge in [0.2, 0.25) is 0 Å². The molecular weight excluding hydrogens is 1220 g/mol. The maximum Gasteiger partial charge on any atom is 0.260 e. The van der Waals surface area contributed by atoms with Crippen molar-refractivity contribution in [2.75, 3.05) is 0 Å². The van der Waals surface area contributed by atoms with Crippen molar-refractivity contribution in [1.29, 1.82) is 0 Å². The zero-order chi connectivity index (χ0) is 64.4. The van der Waals surface area contributed by atoms with Crippen LogP contribution in [0.5, 0.6) is 46.0 Å². The van der Waals surface area contributed by atoms with Crippen LogP contribution in [0.15, 0.2) is 260 Å². The van der Waals surface area contributed by atoms with E-state index in [9.17, 15) is 0 Å². The van der Waals surface area contributed by atoms with Crippen LogP contribution in [-0.4, -0.2) is 35.8 Å². The molecule has 0 saturated heterocycles. The Bertz CT molecular complexity index is 5220. The highest BCUT2D eigenvalue weighted by Gasteiger charge is 2.41. The Kier molecular flexibility index (Phi) is 15.2. The van der Waals surface area contributed by atoms with E-state index < -0.39 is 0 Å². The third-order valence-corrected chi connectivity index (χ3v) is 18.5. The molecule has 0 atom stereocenters. The SMILES string of the molecule is Cc1ccccc1-n1c(-c2ccc(Oc3cccc(Oc4ccc(-c5cc(C(C)(C)C)ccn5)cc4)c3Br)cc2)nc2ccccc21.Cc1ccccc1-n1c(-c2ccc3c(c2)B2c4cc(-c5cc(C(C)(C)C)ccn5)ccc4Oc4cccc(c42)O3)nc2ccccc21. The number of pyridine rings is 2. The minimum Gasteiger partial charge on any atom is -0.458 e. The lowest BCUT2D eigenvalue weighted by atomic mass is 9.34. The summed E-state index contributed by atoms with van der Waals surface area (Å²) < 4.78 is 30.9. The number of imidazole rings is 2. The number of benzene rings is 10. The van der Waals surface area contributed by atoms with Crippen LogP contribution in [0.3, 0.4) is 0 Å². The minimum atomic E-state index is -0.0873. The number of fused-ring (bicyclic) bond motifs is 6. The smallest absolute Gasteiger partial charge is 0.260 e. The maximum absolute atomic E-state index is 6.57. The monoisotopic (exact) mass is 1290 g/mol. The molecule has 2 aliphatic rings. The van der Waals surface area contributed by atoms with E-state index in [0.29, 0.717) is 17.2 Å². The van der Waals surface area contributed by atoms with Crippen LogP contribution in [0, 0.1) is 13.8 Å². The van der Waals surface area contributed by atoms with E-state index in [-0.39, 0.29) is 17.5 Å². The molecule has 10 nitrogen and oxygen atoms in total. The Morgan fingerprint density at radius 1 is 0.404 bits per heavy atom. The number of nitrogens with zero attached hydrogens (tertiary/aromatic N) is 6. The van der Waals surface area contributed by atoms with Crippen LogP contribution < -0.4 is 35.3 Å². The van der Waals surface area contributed by atoms with Crippen molar-refractivity contribution in [3.05, 3.63) is 282 Å². The van der Waals surface area contributed by atoms with Gasteiger partial charge in [-0.1, -0.05) is 126 Å². The van der Waals surface area contributed by atoms with E-state index in [2.05, 4.69) is 231 Å². The molecule has 0 unspecified atom stereocenters. The van der Waals surface area contributed by atoms with Crippen molar-refractivity contribution in [2.45, 2.75) is 66.2 Å². The summed E-state index contributed by atoms with van der Waals surface area (Å²) in [4.78, 5) is 19.6. The Morgan fingerprint density at radius 3 is 1.34 bits per heavy atom. The van der Waals surface area contributed by atoms with Crippen molar-refractivity contribution in [3.63, 3.8) is 0 Å². The van der Waals surface area contributed by atoms with Crippen LogP contribution in [0.25, 0.3) is 78.7 Å². The molecule has 0 bridgehead atoms. The van der Waals surface area contributed by atoms with Gasteiger partial charge in [0.05, 0.1) is 44.8 Å². The van der Waals surface area contributed by atoms with Crippen molar-refractivity contribution in [2.24, 2.45) is 0 Å². The molecule has 14 aromatic rings. The Balaban J connectivity index is 0.000000155. The lowest BCUT2D eigenvalue weighted by molar-refractivity contribution is 0.455. The second-order valence-electron chi connectivity index (χ2n) is 26.1. The zero-order valence-corrected chi connectivity index (χ0v) is 55.1. The van der Waals surface area contributed by atoms with Crippen molar-refractivity contribution < 1.29 is 18.9 Å². The summed E-state index contributed by atoms with van der Waals surface area (Å²) in [5.41, 5.74) is 20.5. The Labute approximate surface area is 556 Å². The quantitative estimate of drug-likeness (QED) is 0.125. The molecule has 0 amide bonds. The lowest BCUT2D eigenvalue weighted by Crippen LogP contribution is -2.57. The van der Waals surface area contributed by atoms with Gasteiger partial charge in [0.15, 0.2) is 0 Å². The third kappa shape index (κ3) is 11.3. The first kappa shape index (κ1) is 59.5. The summed E-state index contributed by atoms with van der Waals surface area (Å²) in [6.45, 7) is 17.5. The molecule has 0 radical (unpaired) electrons. The Morgan fingerprint density at radius 2 is 0.830 bits per heavy atom. The normalized spacial score (nSPS) is 12.2. The molecule has 0 N–H and O–H groups in total. The first-order chi connectivity index (χ1) is 45.6. The summed E-state index contributed by atoms with van der Waals surface area (Å²) in [5.74, 6) is 7.85. The second kappa shape index (κ2) is 24.0. The van der Waals surface area contributed by atoms with Gasteiger partial charge in [-0.05, 0) is 237 Å². The number of aromatic nitrogens is 6. The zero-order valence-electron chi connectivity index (χ0n) is 53.5. The summed E-state index contributed by atoms with van der Waals surface area (Å²) in [6, 6.07) is 82.7. The maximum atomic E-state index is 6.57. The summed E-state index contributed by atoms with van der Waals surface area (Å²) >= 11 is 3.71. The van der Waals surface area contributed by atoms with E-state index >= 15 is 0 Å². The van der Waals surface area contributed by atoms with E-state index in [4.69, 9.17) is 33.9 Å². The topological polar surface area (TPSA) is 98.3 Å². The van der Waals surface area contributed by atoms with Gasteiger partial charge in [0.25, 0.3) is 6.71 Å². The molecule has 458 valence electrons. The number of halogens is 1. The fourth-order valence-electron chi connectivity index (χ4n) is 12.7. The molecular formula is C82H66BBrN6O4. The molecule has 2 aliphatic heterocycles. The van der Waals surface area contributed by atoms with Gasteiger partial charge in [-0.25, -0.2) is 9.97 Å². The van der Waals surface area contributed by atoms with E-state index in [0.717, 1.165) is 128 Å². The standard InChI is InChI=1S/C41H32BN3O2.C41H34BrN3O2/c1-25-10-5-7-12-33(25)45-34-13-8-6-11-31(34)44-40(45)27-17-19-36-30(23-27)42-29-22-26(32-24-28(20-21-43-32)41(2,3)4)16-18-35(29)46-37-14-9-15-38(47-36)39(37)42;1-27-10-5-7-12-35(27)45-36-13-8-6-11-33(36)44-40(45)29-18-22-32(23-19-29)47-38-15-9-14-37(39(38)42)46-31-20-16-28(17-21-31)34-26-30(24-25-43-34)41(2,3)4/h5-24H,1-4H3;5-26H,1-4H3. The van der Waals surface area contributed by atoms with Crippen LogP contribution in [0.2, 0.25) is 0 Å². The number of aryl methyl sites for hydroxylation is 2. The molecule has 0 saturated carbocycles. The van der Waals surface area contributed by atoms with E-state index in [1.54, 1.807) is 0 Å². The fourth-order valence-corrected chi connectivity index (χ4v) is 13.1. The summed E-state index contributed by atoms with van der Waals surface area (Å²) in [7, 11) is 0. The van der Waals surface area contributed by atoms with Crippen LogP contribution >= 0.6 is 15.9 Å². The largest absolute Gasteiger partial charge is 0.458 e. The molecule has 12 heteroatoms. The van der Waals surface area contributed by atoms with Gasteiger partial charge in [-0.15, -0.1) is 0 Å². The molecule has 6 heterocycles. The number of hydrogen-bond donors (Lipinski definition) is 0. The first-order valence-corrected chi connectivity index (χ1v) is 32.5. The second-order valence-corrected chi connectivity index (χ2v) is 26.9. The van der Waals surface area contributed by atoms with Crippen molar-refractivity contribution >= 4 is 61.1 Å². The number of rotatable bonds is 10. The van der Waals surface area contributed by atoms with Gasteiger partial charge in [0, 0.05) is 34.5 Å². The predicted molar refractivity (Wildman–Crippen MR) is 385 cm³/mol. The average molecular weight is 1290 g/mol. The van der Waals surface area contributed by atoms with Crippen LogP contribution in [0.1, 0.15) is 63.8 Å². The Hall–Kier alpha value is -10.8. The van der Waals surface area contributed by atoms with Gasteiger partial charge in [-0.3, -0.25) is 19.1 Å². The molecule has 0 aliphatic carbocycles. The lowest BCUT2D eigenvalue weighted by Gasteiger charge is -2.33. The van der Waals surface area contributed by atoms with Crippen LogP contribution in [0.4, 0.5) is 0 Å². The molecule has 0 spiro atoms. The highest BCUT2D eigenvalue weighted by molar-refractivity contribution is 9.10. The van der Waals surface area contributed by atoms with Gasteiger partial charge >= 0.3 is 0 Å². The third-order valence-electron chi connectivity index (χ3n) is 17.7. The summed E-state index contributed by atoms with van der Waals surface area (Å²) in [5, 5.41) is 0. The highest BCUT2D eigenvalue weighted by atomic mass is 79.9. The van der Waals surface area contributed by atoms with E-state index in [1.165, 1.54) is 22.3 Å². The molecule has 16 rings (SSSR count). The molecule has 4 aromatic heterocycles. The number of hydrogen-bond acceptors (Lipinski definition) is 8. The van der Waals surface area contributed by atoms with Gasteiger partial charge in [0.1, 0.15) is 62.1 Å². The minimum absolute atomic E-state index is 0.0215. The predicted octanol–water partition coefficient (Wildman–Crippen LogP) is 19.8.